The standard InChI is InChI=1S/C15H16N2O4/c18-13-11-2-1-10(15(20)21)7-12(11)14(19)17(13)8-9-3-5-16-6-4-9/h1-2,7,9,16H,3-6,8H2,(H,20,21). The summed E-state index contributed by atoms with van der Waals surface area (Å²) in [4.78, 5) is 36.9. The predicted molar refractivity (Wildman–Crippen MR) is 74.4 cm³/mol. The van der Waals surface area contributed by atoms with E-state index in [1.54, 1.807) is 0 Å². The van der Waals surface area contributed by atoms with E-state index in [1.165, 1.54) is 23.1 Å². The van der Waals surface area contributed by atoms with Crippen molar-refractivity contribution in [2.75, 3.05) is 19.6 Å². The van der Waals surface area contributed by atoms with Gasteiger partial charge in [-0.25, -0.2) is 4.79 Å². The molecular formula is C15H16N2O4. The number of aromatic carboxylic acids is 1. The summed E-state index contributed by atoms with van der Waals surface area (Å²) >= 11 is 0. The maximum atomic E-state index is 12.4. The molecule has 2 aliphatic heterocycles. The van der Waals surface area contributed by atoms with Crippen molar-refractivity contribution >= 4 is 17.8 Å². The Morgan fingerprint density at radius 1 is 1.19 bits per heavy atom. The van der Waals surface area contributed by atoms with Crippen molar-refractivity contribution in [3.8, 4) is 0 Å². The molecule has 0 radical (unpaired) electrons. The molecule has 2 aliphatic rings. The number of amides is 2. The van der Waals surface area contributed by atoms with Crippen LogP contribution in [0.2, 0.25) is 0 Å². The Labute approximate surface area is 121 Å². The lowest BCUT2D eigenvalue weighted by Crippen LogP contribution is -2.38. The fourth-order valence-electron chi connectivity index (χ4n) is 2.91. The van der Waals surface area contributed by atoms with Gasteiger partial charge in [-0.2, -0.15) is 0 Å². The van der Waals surface area contributed by atoms with E-state index in [1.807, 2.05) is 0 Å². The van der Waals surface area contributed by atoms with Crippen LogP contribution in [0, 0.1) is 5.92 Å². The highest BCUT2D eigenvalue weighted by molar-refractivity contribution is 6.21. The third kappa shape index (κ3) is 2.42. The lowest BCUT2D eigenvalue weighted by Gasteiger charge is -2.26. The third-order valence-electron chi connectivity index (χ3n) is 4.12. The molecule has 0 unspecified atom stereocenters. The molecule has 0 aromatic heterocycles. The Bertz CT molecular complexity index is 620. The smallest absolute Gasteiger partial charge is 0.335 e. The number of hydrogen-bond acceptors (Lipinski definition) is 4. The van der Waals surface area contributed by atoms with Gasteiger partial charge >= 0.3 is 5.97 Å². The lowest BCUT2D eigenvalue weighted by molar-refractivity contribution is 0.0618. The summed E-state index contributed by atoms with van der Waals surface area (Å²) in [6.45, 7) is 2.21. The molecule has 2 heterocycles. The van der Waals surface area contributed by atoms with Gasteiger partial charge < -0.3 is 10.4 Å². The summed E-state index contributed by atoms with van der Waals surface area (Å²) in [5.74, 6) is -1.48. The van der Waals surface area contributed by atoms with E-state index in [0.717, 1.165) is 25.9 Å². The van der Waals surface area contributed by atoms with Crippen LogP contribution in [0.1, 0.15) is 43.9 Å². The highest BCUT2D eigenvalue weighted by Gasteiger charge is 2.37. The molecule has 0 spiro atoms. The Morgan fingerprint density at radius 3 is 2.52 bits per heavy atom. The molecule has 1 aromatic rings. The number of carbonyl (C=O) groups excluding carboxylic acids is 2. The molecule has 0 aliphatic carbocycles. The molecule has 3 rings (SSSR count). The number of benzene rings is 1. The highest BCUT2D eigenvalue weighted by Crippen LogP contribution is 2.26. The van der Waals surface area contributed by atoms with Gasteiger partial charge in [0.2, 0.25) is 0 Å². The van der Waals surface area contributed by atoms with Gasteiger partial charge in [-0.05, 0) is 50.0 Å². The Balaban J connectivity index is 1.84. The monoisotopic (exact) mass is 288 g/mol. The largest absolute Gasteiger partial charge is 0.478 e. The summed E-state index contributed by atoms with van der Waals surface area (Å²) in [5, 5.41) is 12.2. The topological polar surface area (TPSA) is 86.7 Å². The quantitative estimate of drug-likeness (QED) is 0.810. The van der Waals surface area contributed by atoms with E-state index in [9.17, 15) is 14.4 Å². The third-order valence-corrected chi connectivity index (χ3v) is 4.12. The fraction of sp³-hybridized carbons (Fsp3) is 0.400. The van der Waals surface area contributed by atoms with Crippen molar-refractivity contribution in [3.05, 3.63) is 34.9 Å². The van der Waals surface area contributed by atoms with Crippen molar-refractivity contribution in [2.24, 2.45) is 5.92 Å². The molecular weight excluding hydrogens is 272 g/mol. The minimum Gasteiger partial charge on any atom is -0.478 e. The molecule has 0 atom stereocenters. The molecule has 1 fully saturated rings. The summed E-state index contributed by atoms with van der Waals surface area (Å²) in [7, 11) is 0. The molecule has 1 aromatic carbocycles. The van der Waals surface area contributed by atoms with Crippen LogP contribution >= 0.6 is 0 Å². The fourth-order valence-corrected chi connectivity index (χ4v) is 2.91. The molecule has 110 valence electrons. The number of nitrogens with one attached hydrogen (secondary N) is 1. The maximum Gasteiger partial charge on any atom is 0.335 e. The Kier molecular flexibility index (Phi) is 3.47. The van der Waals surface area contributed by atoms with Gasteiger partial charge in [0.1, 0.15) is 0 Å². The van der Waals surface area contributed by atoms with Crippen LogP contribution in [0.15, 0.2) is 18.2 Å². The summed E-state index contributed by atoms with van der Waals surface area (Å²) in [6.07, 6.45) is 1.88. The van der Waals surface area contributed by atoms with Crippen LogP contribution in [-0.2, 0) is 0 Å². The highest BCUT2D eigenvalue weighted by atomic mass is 16.4. The molecule has 1 saturated heterocycles. The maximum absolute atomic E-state index is 12.4. The number of hydrogen-bond donors (Lipinski definition) is 2. The van der Waals surface area contributed by atoms with Gasteiger partial charge in [-0.1, -0.05) is 0 Å². The molecule has 6 heteroatoms. The normalized spacial score (nSPS) is 19.0. The van der Waals surface area contributed by atoms with Crippen LogP contribution in [0.5, 0.6) is 0 Å². The van der Waals surface area contributed by atoms with Gasteiger partial charge in [-0.3, -0.25) is 14.5 Å². The summed E-state index contributed by atoms with van der Waals surface area (Å²) < 4.78 is 0. The van der Waals surface area contributed by atoms with Crippen LogP contribution in [0.3, 0.4) is 0 Å². The number of fused-ring (bicyclic) bond motifs is 1. The number of rotatable bonds is 3. The SMILES string of the molecule is O=C(O)c1ccc2c(c1)C(=O)N(CC1CCNCC1)C2=O. The Morgan fingerprint density at radius 2 is 1.86 bits per heavy atom. The Hall–Kier alpha value is -2.21. The molecule has 21 heavy (non-hydrogen) atoms. The van der Waals surface area contributed by atoms with E-state index in [-0.39, 0.29) is 22.9 Å². The number of carboxylic acid groups (broad SMARTS) is 1. The minimum absolute atomic E-state index is 0.0265. The second-order valence-corrected chi connectivity index (χ2v) is 5.48. The number of carbonyl (C=O) groups is 3. The van der Waals surface area contributed by atoms with Crippen LogP contribution in [0.25, 0.3) is 0 Å². The van der Waals surface area contributed by atoms with E-state index < -0.39 is 5.97 Å². The number of piperidine rings is 1. The van der Waals surface area contributed by atoms with E-state index in [4.69, 9.17) is 5.11 Å². The van der Waals surface area contributed by atoms with Crippen molar-refractivity contribution in [3.63, 3.8) is 0 Å². The zero-order valence-corrected chi connectivity index (χ0v) is 11.5. The van der Waals surface area contributed by atoms with Crippen LogP contribution in [-0.4, -0.2) is 47.4 Å². The minimum atomic E-state index is -1.10. The first-order valence-electron chi connectivity index (χ1n) is 7.02. The number of nitrogens with zero attached hydrogens (tertiary/aromatic N) is 1. The second-order valence-electron chi connectivity index (χ2n) is 5.48. The molecule has 6 nitrogen and oxygen atoms in total. The zero-order valence-electron chi connectivity index (χ0n) is 11.5. The van der Waals surface area contributed by atoms with Crippen molar-refractivity contribution in [1.82, 2.24) is 10.2 Å². The summed E-state index contributed by atoms with van der Waals surface area (Å²) in [6, 6.07) is 4.09. The zero-order chi connectivity index (χ0) is 15.0. The first-order chi connectivity index (χ1) is 10.1. The first kappa shape index (κ1) is 13.8. The molecule has 0 bridgehead atoms. The van der Waals surface area contributed by atoms with Gasteiger partial charge in [0.15, 0.2) is 0 Å². The van der Waals surface area contributed by atoms with Gasteiger partial charge in [0, 0.05) is 6.54 Å². The molecule has 0 saturated carbocycles. The molecule has 2 amide bonds. The van der Waals surface area contributed by atoms with Gasteiger partial charge in [0.25, 0.3) is 11.8 Å². The van der Waals surface area contributed by atoms with Gasteiger partial charge in [0.05, 0.1) is 16.7 Å². The van der Waals surface area contributed by atoms with E-state index in [0.29, 0.717) is 18.0 Å². The van der Waals surface area contributed by atoms with Crippen LogP contribution < -0.4 is 5.32 Å². The summed E-state index contributed by atoms with van der Waals surface area (Å²) in [5.41, 5.74) is 0.534. The van der Waals surface area contributed by atoms with Crippen molar-refractivity contribution in [2.45, 2.75) is 12.8 Å². The average Bonchev–Trinajstić information content (AvgIpc) is 2.73. The van der Waals surface area contributed by atoms with E-state index in [2.05, 4.69) is 5.32 Å². The molecule has 2 N–H and O–H groups in total. The van der Waals surface area contributed by atoms with E-state index >= 15 is 0 Å². The van der Waals surface area contributed by atoms with Crippen molar-refractivity contribution < 1.29 is 19.5 Å². The predicted octanol–water partition coefficient (Wildman–Crippen LogP) is 0.980. The van der Waals surface area contributed by atoms with Crippen molar-refractivity contribution in [1.29, 1.82) is 0 Å². The first-order valence-corrected chi connectivity index (χ1v) is 7.02. The van der Waals surface area contributed by atoms with Gasteiger partial charge in [-0.15, -0.1) is 0 Å². The second kappa shape index (κ2) is 5.29. The average molecular weight is 288 g/mol. The number of imide groups is 1. The number of carboxylic acids is 1. The lowest BCUT2D eigenvalue weighted by atomic mass is 9.97. The van der Waals surface area contributed by atoms with Crippen LogP contribution in [0.4, 0.5) is 0 Å².